The Kier molecular flexibility index (Phi) is 12.1. The van der Waals surface area contributed by atoms with Gasteiger partial charge in [0, 0.05) is 43.5 Å². The standard InChI is InChI=1S/C36H43N3O7/c1-42-31-13-5-7-15-33(31)44-20-18-37-22-26(40)23-39(19-21-45-34-16-8-6-14-32(34)43-2)24-27(41)25-46-35-17-9-12-30-36(35)28-10-3-4-11-29(28)38-30/h3-17,26-27,30,37,40-41H,18-25H2,1-2H3/t26-,27-,30-/m0/s1. The Morgan fingerprint density at radius 1 is 0.783 bits per heavy atom. The van der Waals surface area contributed by atoms with Gasteiger partial charge in [-0.15, -0.1) is 0 Å². The van der Waals surface area contributed by atoms with E-state index in [2.05, 4.69) is 5.32 Å². The van der Waals surface area contributed by atoms with Gasteiger partial charge in [0.15, 0.2) is 23.0 Å². The fraction of sp³-hybridized carbons (Fsp3) is 0.361. The molecular formula is C36H43N3O7. The molecule has 3 atom stereocenters. The first kappa shape index (κ1) is 33.0. The molecule has 10 nitrogen and oxygen atoms in total. The molecule has 0 saturated heterocycles. The van der Waals surface area contributed by atoms with Crippen molar-refractivity contribution in [1.29, 1.82) is 0 Å². The SMILES string of the molecule is COc1ccccc1OCCNC[C@H](O)CN(CCOc1ccccc1OC)C[C@H](O)COC1=CC=C[C@@H]2N=c3ccccc3=C12. The number of fused-ring (bicyclic) bond motifs is 2. The van der Waals surface area contributed by atoms with Crippen LogP contribution >= 0.6 is 0 Å². The van der Waals surface area contributed by atoms with Crippen LogP contribution in [-0.4, -0.2) is 100 Å². The fourth-order valence-corrected chi connectivity index (χ4v) is 5.49. The normalized spacial score (nSPS) is 16.2. The summed E-state index contributed by atoms with van der Waals surface area (Å²) in [5.74, 6) is 3.34. The van der Waals surface area contributed by atoms with Gasteiger partial charge in [0.05, 0.1) is 31.7 Å². The average molecular weight is 630 g/mol. The van der Waals surface area contributed by atoms with Gasteiger partial charge in [-0.2, -0.15) is 0 Å². The van der Waals surface area contributed by atoms with Crippen molar-refractivity contribution in [2.45, 2.75) is 18.2 Å². The molecule has 244 valence electrons. The van der Waals surface area contributed by atoms with Gasteiger partial charge < -0.3 is 39.2 Å². The van der Waals surface area contributed by atoms with Crippen molar-refractivity contribution in [3.63, 3.8) is 0 Å². The highest BCUT2D eigenvalue weighted by Crippen LogP contribution is 2.27. The number of para-hydroxylation sites is 5. The van der Waals surface area contributed by atoms with Crippen LogP contribution in [0.25, 0.3) is 5.57 Å². The summed E-state index contributed by atoms with van der Waals surface area (Å²) in [5.41, 5.74) is 1.02. The molecule has 0 fully saturated rings. The highest BCUT2D eigenvalue weighted by atomic mass is 16.5. The number of hydrogen-bond donors (Lipinski definition) is 3. The number of allylic oxidation sites excluding steroid dienone is 2. The lowest BCUT2D eigenvalue weighted by Crippen LogP contribution is -2.44. The van der Waals surface area contributed by atoms with Crippen LogP contribution < -0.4 is 34.8 Å². The lowest BCUT2D eigenvalue weighted by molar-refractivity contribution is 0.0265. The maximum absolute atomic E-state index is 11.1. The van der Waals surface area contributed by atoms with E-state index in [-0.39, 0.29) is 19.2 Å². The molecular weight excluding hydrogens is 586 g/mol. The van der Waals surface area contributed by atoms with E-state index in [4.69, 9.17) is 28.7 Å². The van der Waals surface area contributed by atoms with E-state index in [1.165, 1.54) is 0 Å². The summed E-state index contributed by atoms with van der Waals surface area (Å²) in [5, 5.41) is 27.2. The van der Waals surface area contributed by atoms with E-state index in [1.807, 2.05) is 95.9 Å². The number of aliphatic hydroxyl groups excluding tert-OH is 2. The third-order valence-electron chi connectivity index (χ3n) is 7.66. The Hall–Kier alpha value is -4.35. The number of benzene rings is 3. The molecule has 0 unspecified atom stereocenters. The van der Waals surface area contributed by atoms with Gasteiger partial charge in [-0.3, -0.25) is 9.89 Å². The molecule has 1 aliphatic carbocycles. The number of ether oxygens (including phenoxy) is 5. The summed E-state index contributed by atoms with van der Waals surface area (Å²) in [6, 6.07) is 22.9. The quantitative estimate of drug-likeness (QED) is 0.172. The van der Waals surface area contributed by atoms with Gasteiger partial charge in [-0.05, 0) is 36.4 Å². The molecule has 0 aromatic heterocycles. The highest BCUT2D eigenvalue weighted by molar-refractivity contribution is 5.72. The number of nitrogens with zero attached hydrogens (tertiary/aromatic N) is 2. The first-order valence-corrected chi connectivity index (χ1v) is 15.5. The Labute approximate surface area is 269 Å². The lowest BCUT2D eigenvalue weighted by atomic mass is 10.00. The van der Waals surface area contributed by atoms with Crippen LogP contribution in [0.5, 0.6) is 23.0 Å². The van der Waals surface area contributed by atoms with E-state index in [9.17, 15) is 10.2 Å². The van der Waals surface area contributed by atoms with E-state index in [1.54, 1.807) is 14.2 Å². The summed E-state index contributed by atoms with van der Waals surface area (Å²) < 4.78 is 28.7. The first-order chi connectivity index (χ1) is 22.6. The Morgan fingerprint density at radius 2 is 1.41 bits per heavy atom. The topological polar surface area (TPSA) is 114 Å². The molecule has 0 saturated carbocycles. The van der Waals surface area contributed by atoms with Gasteiger partial charge >= 0.3 is 0 Å². The Morgan fingerprint density at radius 3 is 2.13 bits per heavy atom. The van der Waals surface area contributed by atoms with Gasteiger partial charge in [-0.25, -0.2) is 0 Å². The molecule has 0 spiro atoms. The van der Waals surface area contributed by atoms with Gasteiger partial charge in [-0.1, -0.05) is 54.6 Å². The molecule has 1 heterocycles. The van der Waals surface area contributed by atoms with Crippen LogP contribution in [0.2, 0.25) is 0 Å². The second kappa shape index (κ2) is 16.8. The number of hydrogen-bond acceptors (Lipinski definition) is 10. The number of nitrogens with one attached hydrogen (secondary N) is 1. The summed E-state index contributed by atoms with van der Waals surface area (Å²) in [4.78, 5) is 6.76. The molecule has 3 aromatic rings. The van der Waals surface area contributed by atoms with Gasteiger partial charge in [0.1, 0.15) is 31.7 Å². The van der Waals surface area contributed by atoms with E-state index < -0.39 is 12.2 Å². The molecule has 0 bridgehead atoms. The zero-order chi connectivity index (χ0) is 32.1. The van der Waals surface area contributed by atoms with Crippen LogP contribution in [0.1, 0.15) is 0 Å². The minimum absolute atomic E-state index is 0.0825. The minimum atomic E-state index is -0.805. The first-order valence-electron chi connectivity index (χ1n) is 15.5. The smallest absolute Gasteiger partial charge is 0.161 e. The molecule has 3 aromatic carbocycles. The summed E-state index contributed by atoms with van der Waals surface area (Å²) in [6.45, 7) is 2.83. The third kappa shape index (κ3) is 8.88. The molecule has 2 aliphatic rings. The summed E-state index contributed by atoms with van der Waals surface area (Å²) >= 11 is 0. The zero-order valence-corrected chi connectivity index (χ0v) is 26.4. The molecule has 1 aliphatic heterocycles. The molecule has 10 heteroatoms. The predicted octanol–water partition coefficient (Wildman–Crippen LogP) is 2.10. The van der Waals surface area contributed by atoms with Crippen LogP contribution in [0.4, 0.5) is 0 Å². The fourth-order valence-electron chi connectivity index (χ4n) is 5.49. The Balaban J connectivity index is 1.14. The van der Waals surface area contributed by atoms with Crippen LogP contribution in [0.3, 0.4) is 0 Å². The Bertz CT molecular complexity index is 1610. The second-order valence-electron chi connectivity index (χ2n) is 11.0. The maximum atomic E-state index is 11.1. The van der Waals surface area contributed by atoms with Crippen molar-refractivity contribution < 1.29 is 33.9 Å². The third-order valence-corrected chi connectivity index (χ3v) is 7.66. The van der Waals surface area contributed by atoms with Crippen molar-refractivity contribution in [3.05, 3.63) is 107 Å². The second-order valence-corrected chi connectivity index (χ2v) is 11.0. The minimum Gasteiger partial charge on any atom is -0.493 e. The molecule has 5 rings (SSSR count). The van der Waals surface area contributed by atoms with Crippen molar-refractivity contribution in [1.82, 2.24) is 10.2 Å². The number of aliphatic hydroxyl groups is 2. The van der Waals surface area contributed by atoms with Crippen molar-refractivity contribution in [2.75, 3.05) is 66.8 Å². The molecule has 0 radical (unpaired) electrons. The molecule has 46 heavy (non-hydrogen) atoms. The zero-order valence-electron chi connectivity index (χ0n) is 26.4. The van der Waals surface area contributed by atoms with Crippen LogP contribution in [0.15, 0.2) is 102 Å². The predicted molar refractivity (Wildman–Crippen MR) is 176 cm³/mol. The van der Waals surface area contributed by atoms with Gasteiger partial charge in [0.2, 0.25) is 0 Å². The monoisotopic (exact) mass is 629 g/mol. The lowest BCUT2D eigenvalue weighted by Gasteiger charge is -2.28. The largest absolute Gasteiger partial charge is 0.493 e. The summed E-state index contributed by atoms with van der Waals surface area (Å²) in [7, 11) is 3.21. The van der Waals surface area contributed by atoms with Crippen LogP contribution in [-0.2, 0) is 4.74 Å². The van der Waals surface area contributed by atoms with Gasteiger partial charge in [0.25, 0.3) is 0 Å². The van der Waals surface area contributed by atoms with E-state index >= 15 is 0 Å². The molecule has 0 amide bonds. The highest BCUT2D eigenvalue weighted by Gasteiger charge is 2.25. The molecule has 3 N–H and O–H groups in total. The maximum Gasteiger partial charge on any atom is 0.161 e. The van der Waals surface area contributed by atoms with Crippen molar-refractivity contribution >= 4 is 5.57 Å². The number of methoxy groups -OCH3 is 2. The van der Waals surface area contributed by atoms with Crippen molar-refractivity contribution in [2.24, 2.45) is 4.99 Å². The van der Waals surface area contributed by atoms with Crippen LogP contribution in [0, 0.1) is 0 Å². The number of rotatable bonds is 19. The average Bonchev–Trinajstić information content (AvgIpc) is 3.47. The summed E-state index contributed by atoms with van der Waals surface area (Å²) in [6.07, 6.45) is 4.41. The van der Waals surface area contributed by atoms with E-state index in [0.717, 1.165) is 16.1 Å². The van der Waals surface area contributed by atoms with E-state index in [0.29, 0.717) is 68.2 Å². The van der Waals surface area contributed by atoms with Crippen molar-refractivity contribution in [3.8, 4) is 23.0 Å².